The van der Waals surface area contributed by atoms with Crippen LogP contribution < -0.4 is 5.73 Å². The van der Waals surface area contributed by atoms with Crippen LogP contribution in [0.5, 0.6) is 0 Å². The Kier molecular flexibility index (Phi) is 6.44. The molecule has 3 heteroatoms. The maximum atomic E-state index is 12.1. The van der Waals surface area contributed by atoms with Crippen LogP contribution in [0.25, 0.3) is 0 Å². The van der Waals surface area contributed by atoms with Crippen LogP contribution in [0, 0.1) is 0 Å². The van der Waals surface area contributed by atoms with Gasteiger partial charge in [0.05, 0.1) is 6.04 Å². The van der Waals surface area contributed by atoms with Gasteiger partial charge in [0.2, 0.25) is 5.91 Å². The Labute approximate surface area is 110 Å². The summed E-state index contributed by atoms with van der Waals surface area (Å²) in [5, 5.41) is 0. The molecular weight excluding hydrogens is 224 g/mol. The number of carbonyl (C=O) groups excluding carboxylic acids is 1. The van der Waals surface area contributed by atoms with Crippen LogP contribution >= 0.6 is 0 Å². The molecule has 0 aliphatic rings. The maximum absolute atomic E-state index is 12.1. The first-order valence-corrected chi connectivity index (χ1v) is 6.77. The first-order valence-electron chi connectivity index (χ1n) is 6.77. The second kappa shape index (κ2) is 7.88. The van der Waals surface area contributed by atoms with Crippen molar-refractivity contribution in [3.63, 3.8) is 0 Å². The second-order valence-corrected chi connectivity index (χ2v) is 4.55. The van der Waals surface area contributed by atoms with Gasteiger partial charge in [0.25, 0.3) is 0 Å². The van der Waals surface area contributed by atoms with Gasteiger partial charge in [-0.05, 0) is 31.7 Å². The van der Waals surface area contributed by atoms with E-state index in [0.717, 1.165) is 25.9 Å². The van der Waals surface area contributed by atoms with E-state index in [2.05, 4.69) is 19.1 Å². The quantitative estimate of drug-likeness (QED) is 0.804. The molecule has 0 aromatic heterocycles. The summed E-state index contributed by atoms with van der Waals surface area (Å²) in [6.45, 7) is 5.61. The highest BCUT2D eigenvalue weighted by Gasteiger charge is 2.18. The molecule has 0 fully saturated rings. The van der Waals surface area contributed by atoms with Crippen molar-refractivity contribution in [1.29, 1.82) is 0 Å². The van der Waals surface area contributed by atoms with E-state index >= 15 is 0 Å². The third kappa shape index (κ3) is 4.49. The first-order chi connectivity index (χ1) is 8.69. The molecule has 0 heterocycles. The maximum Gasteiger partial charge on any atom is 0.239 e. The molecule has 1 unspecified atom stereocenters. The van der Waals surface area contributed by atoms with Gasteiger partial charge in [0, 0.05) is 13.1 Å². The van der Waals surface area contributed by atoms with Crippen LogP contribution in [0.3, 0.4) is 0 Å². The number of nitrogens with two attached hydrogens (primary N) is 1. The number of carbonyl (C=O) groups is 1. The van der Waals surface area contributed by atoms with E-state index in [4.69, 9.17) is 5.73 Å². The normalized spacial score (nSPS) is 12.2. The van der Waals surface area contributed by atoms with Gasteiger partial charge in [-0.2, -0.15) is 0 Å². The number of hydrogen-bond donors (Lipinski definition) is 1. The zero-order valence-corrected chi connectivity index (χ0v) is 11.4. The highest BCUT2D eigenvalue weighted by Crippen LogP contribution is 2.06. The molecule has 0 aliphatic heterocycles. The Balaban J connectivity index is 2.44. The predicted molar refractivity (Wildman–Crippen MR) is 75.3 cm³/mol. The summed E-state index contributed by atoms with van der Waals surface area (Å²) < 4.78 is 0. The van der Waals surface area contributed by atoms with Crippen LogP contribution in [0.4, 0.5) is 0 Å². The molecule has 0 aliphatic carbocycles. The van der Waals surface area contributed by atoms with Crippen molar-refractivity contribution in [2.24, 2.45) is 5.73 Å². The third-order valence-electron chi connectivity index (χ3n) is 3.09. The van der Waals surface area contributed by atoms with Crippen molar-refractivity contribution in [2.75, 3.05) is 13.1 Å². The van der Waals surface area contributed by atoms with Gasteiger partial charge in [0.15, 0.2) is 0 Å². The standard InChI is InChI=1S/C15H24N2O/c1-3-12-17(4-2)15(18)14(16)11-10-13-8-6-5-7-9-13/h5-9,14H,3-4,10-12,16H2,1-2H3. The van der Waals surface area contributed by atoms with Crippen LogP contribution in [-0.4, -0.2) is 29.9 Å². The summed E-state index contributed by atoms with van der Waals surface area (Å²) in [5.41, 5.74) is 7.22. The Bertz CT molecular complexity index is 351. The zero-order valence-electron chi connectivity index (χ0n) is 11.4. The summed E-state index contributed by atoms with van der Waals surface area (Å²) in [6.07, 6.45) is 2.55. The van der Waals surface area contributed by atoms with Crippen molar-refractivity contribution < 1.29 is 4.79 Å². The molecule has 3 nitrogen and oxygen atoms in total. The van der Waals surface area contributed by atoms with E-state index in [1.54, 1.807) is 0 Å². The second-order valence-electron chi connectivity index (χ2n) is 4.55. The molecule has 1 rings (SSSR count). The molecule has 0 radical (unpaired) electrons. The summed E-state index contributed by atoms with van der Waals surface area (Å²) >= 11 is 0. The average molecular weight is 248 g/mol. The van der Waals surface area contributed by atoms with E-state index in [1.165, 1.54) is 5.56 Å². The number of nitrogens with zero attached hydrogens (tertiary/aromatic N) is 1. The van der Waals surface area contributed by atoms with Crippen molar-refractivity contribution in [1.82, 2.24) is 4.90 Å². The van der Waals surface area contributed by atoms with Gasteiger partial charge in [-0.25, -0.2) is 0 Å². The third-order valence-corrected chi connectivity index (χ3v) is 3.09. The fraction of sp³-hybridized carbons (Fsp3) is 0.533. The van der Waals surface area contributed by atoms with Crippen molar-refractivity contribution >= 4 is 5.91 Å². The minimum Gasteiger partial charge on any atom is -0.342 e. The van der Waals surface area contributed by atoms with Gasteiger partial charge >= 0.3 is 0 Å². The lowest BCUT2D eigenvalue weighted by Gasteiger charge is -2.23. The molecule has 0 saturated heterocycles. The van der Waals surface area contributed by atoms with Crippen LogP contribution in [0.1, 0.15) is 32.3 Å². The van der Waals surface area contributed by atoms with Crippen molar-refractivity contribution in [3.05, 3.63) is 35.9 Å². The summed E-state index contributed by atoms with van der Waals surface area (Å²) in [7, 11) is 0. The number of likely N-dealkylation sites (N-methyl/N-ethyl adjacent to an activating group) is 1. The smallest absolute Gasteiger partial charge is 0.239 e. The summed E-state index contributed by atoms with van der Waals surface area (Å²) in [4.78, 5) is 13.9. The van der Waals surface area contributed by atoms with E-state index in [9.17, 15) is 4.79 Å². The SMILES string of the molecule is CCCN(CC)C(=O)C(N)CCc1ccccc1. The fourth-order valence-corrected chi connectivity index (χ4v) is 2.02. The number of hydrogen-bond acceptors (Lipinski definition) is 2. The molecular formula is C15H24N2O. The van der Waals surface area contributed by atoms with Gasteiger partial charge < -0.3 is 10.6 Å². The fourth-order valence-electron chi connectivity index (χ4n) is 2.02. The van der Waals surface area contributed by atoms with E-state index in [0.29, 0.717) is 6.42 Å². The molecule has 0 bridgehead atoms. The molecule has 0 spiro atoms. The molecule has 1 atom stereocenters. The highest BCUT2D eigenvalue weighted by atomic mass is 16.2. The van der Waals surface area contributed by atoms with E-state index < -0.39 is 0 Å². The van der Waals surface area contributed by atoms with Gasteiger partial charge in [0.1, 0.15) is 0 Å². The number of rotatable bonds is 7. The minimum atomic E-state index is -0.378. The highest BCUT2D eigenvalue weighted by molar-refractivity contribution is 5.81. The Morgan fingerprint density at radius 2 is 1.94 bits per heavy atom. The van der Waals surface area contributed by atoms with E-state index in [1.807, 2.05) is 30.0 Å². The topological polar surface area (TPSA) is 46.3 Å². The lowest BCUT2D eigenvalue weighted by atomic mass is 10.0. The van der Waals surface area contributed by atoms with Crippen LogP contribution in [0.2, 0.25) is 0 Å². The van der Waals surface area contributed by atoms with Crippen LogP contribution in [0.15, 0.2) is 30.3 Å². The van der Waals surface area contributed by atoms with Gasteiger partial charge in [-0.15, -0.1) is 0 Å². The molecule has 1 aromatic carbocycles. The van der Waals surface area contributed by atoms with E-state index in [-0.39, 0.29) is 11.9 Å². The summed E-state index contributed by atoms with van der Waals surface area (Å²) in [5.74, 6) is 0.0790. The van der Waals surface area contributed by atoms with Gasteiger partial charge in [-0.1, -0.05) is 37.3 Å². The average Bonchev–Trinajstić information content (AvgIpc) is 2.42. The molecule has 2 N–H and O–H groups in total. The molecule has 100 valence electrons. The number of benzene rings is 1. The van der Waals surface area contributed by atoms with Gasteiger partial charge in [-0.3, -0.25) is 4.79 Å². The van der Waals surface area contributed by atoms with Crippen LogP contribution in [-0.2, 0) is 11.2 Å². The predicted octanol–water partition coefficient (Wildman–Crippen LogP) is 2.21. The largest absolute Gasteiger partial charge is 0.342 e. The molecule has 1 amide bonds. The Morgan fingerprint density at radius 1 is 1.28 bits per heavy atom. The molecule has 0 saturated carbocycles. The first kappa shape index (κ1) is 14.7. The lowest BCUT2D eigenvalue weighted by Crippen LogP contribution is -2.44. The number of aryl methyl sites for hydroxylation is 1. The van der Waals surface area contributed by atoms with Crippen molar-refractivity contribution in [2.45, 2.75) is 39.2 Å². The summed E-state index contributed by atoms with van der Waals surface area (Å²) in [6, 6.07) is 9.78. The monoisotopic (exact) mass is 248 g/mol. The minimum absolute atomic E-state index is 0.0790. The molecule has 1 aromatic rings. The Morgan fingerprint density at radius 3 is 2.50 bits per heavy atom. The zero-order chi connectivity index (χ0) is 13.4. The number of amides is 1. The Hall–Kier alpha value is -1.35. The molecule has 18 heavy (non-hydrogen) atoms. The van der Waals surface area contributed by atoms with Crippen molar-refractivity contribution in [3.8, 4) is 0 Å². The lowest BCUT2D eigenvalue weighted by molar-refractivity contribution is -0.132.